The molecule has 268 valence electrons. The molecular formula is C51H33N3O2Si. The van der Waals surface area contributed by atoms with Gasteiger partial charge in [0.1, 0.15) is 22.3 Å². The van der Waals surface area contributed by atoms with E-state index in [1.165, 1.54) is 20.7 Å². The van der Waals surface area contributed by atoms with Gasteiger partial charge in [0.05, 0.1) is 5.56 Å². The molecule has 11 rings (SSSR count). The Bertz CT molecular complexity index is 3210. The third-order valence-electron chi connectivity index (χ3n) is 11.1. The van der Waals surface area contributed by atoms with Gasteiger partial charge in [-0.25, -0.2) is 15.0 Å². The van der Waals surface area contributed by atoms with Crippen molar-refractivity contribution in [3.8, 4) is 34.2 Å². The van der Waals surface area contributed by atoms with E-state index in [0.717, 1.165) is 60.6 Å². The Morgan fingerprint density at radius 1 is 0.351 bits per heavy atom. The summed E-state index contributed by atoms with van der Waals surface area (Å²) in [6.45, 7) is 0. The van der Waals surface area contributed by atoms with Gasteiger partial charge in [-0.15, -0.1) is 0 Å². The van der Waals surface area contributed by atoms with E-state index in [1.54, 1.807) is 0 Å². The highest BCUT2D eigenvalue weighted by molar-refractivity contribution is 7.20. The van der Waals surface area contributed by atoms with Crippen LogP contribution in [-0.2, 0) is 0 Å². The molecule has 6 heteroatoms. The minimum absolute atomic E-state index is 0.554. The van der Waals surface area contributed by atoms with Crippen molar-refractivity contribution in [2.24, 2.45) is 0 Å². The van der Waals surface area contributed by atoms with Crippen molar-refractivity contribution in [1.29, 1.82) is 0 Å². The normalized spacial score (nSPS) is 11.9. The van der Waals surface area contributed by atoms with Crippen LogP contribution in [0.1, 0.15) is 0 Å². The minimum Gasteiger partial charge on any atom is -0.456 e. The Morgan fingerprint density at radius 3 is 1.60 bits per heavy atom. The van der Waals surface area contributed by atoms with E-state index < -0.39 is 8.07 Å². The summed E-state index contributed by atoms with van der Waals surface area (Å²) in [4.78, 5) is 15.6. The number of para-hydroxylation sites is 3. The predicted octanol–water partition coefficient (Wildman–Crippen LogP) is 10.0. The molecule has 0 radical (unpaired) electrons. The van der Waals surface area contributed by atoms with E-state index in [-0.39, 0.29) is 0 Å². The van der Waals surface area contributed by atoms with Gasteiger partial charge < -0.3 is 8.83 Å². The highest BCUT2D eigenvalue weighted by atomic mass is 28.3. The van der Waals surface area contributed by atoms with Crippen LogP contribution in [0.15, 0.2) is 209 Å². The lowest BCUT2D eigenvalue weighted by Gasteiger charge is -2.35. The third kappa shape index (κ3) is 5.34. The summed E-state index contributed by atoms with van der Waals surface area (Å²) in [7, 11) is -3.07. The molecule has 0 spiro atoms. The smallest absolute Gasteiger partial charge is 0.180 e. The van der Waals surface area contributed by atoms with E-state index in [1.807, 2.05) is 66.7 Å². The lowest BCUT2D eigenvalue weighted by atomic mass is 10.1. The highest BCUT2D eigenvalue weighted by Gasteiger charge is 2.43. The van der Waals surface area contributed by atoms with Gasteiger partial charge in [0.2, 0.25) is 0 Å². The fraction of sp³-hybridized carbons (Fsp3) is 0. The Kier molecular flexibility index (Phi) is 7.76. The molecule has 0 aliphatic carbocycles. The van der Waals surface area contributed by atoms with Gasteiger partial charge in [-0.2, -0.15) is 0 Å². The van der Waals surface area contributed by atoms with E-state index in [0.29, 0.717) is 17.5 Å². The molecule has 11 aromatic rings. The number of rotatable bonds is 7. The van der Waals surface area contributed by atoms with Crippen LogP contribution in [0.4, 0.5) is 0 Å². The third-order valence-corrected chi connectivity index (χ3v) is 15.9. The number of nitrogens with zero attached hydrogens (tertiary/aromatic N) is 3. The molecule has 0 unspecified atom stereocenters. The van der Waals surface area contributed by atoms with Gasteiger partial charge >= 0.3 is 0 Å². The first-order valence-corrected chi connectivity index (χ1v) is 21.1. The van der Waals surface area contributed by atoms with Gasteiger partial charge in [0.15, 0.2) is 25.5 Å². The molecule has 0 saturated carbocycles. The van der Waals surface area contributed by atoms with Gasteiger partial charge in [0.25, 0.3) is 0 Å². The van der Waals surface area contributed by atoms with Crippen LogP contribution >= 0.6 is 0 Å². The van der Waals surface area contributed by atoms with Crippen LogP contribution in [0, 0.1) is 0 Å². The van der Waals surface area contributed by atoms with Gasteiger partial charge in [-0.3, -0.25) is 0 Å². The molecule has 0 saturated heterocycles. The van der Waals surface area contributed by atoms with E-state index >= 15 is 0 Å². The standard InChI is InChI=1S/C51H33N3O2Si/c1-4-17-34(18-5-1)49-52-50(54-51(53-49)42-28-15-27-40-39-25-10-12-29-43(39)56-48(40)42)35-19-14-24-38(33-35)57(36-20-6-2-7-21-36,37-22-8-3-9-23-37)46-32-16-31-45-47(46)41-26-11-13-30-44(41)55-45/h1-33H. The van der Waals surface area contributed by atoms with Crippen LogP contribution in [0.25, 0.3) is 78.0 Å². The van der Waals surface area contributed by atoms with Crippen molar-refractivity contribution < 1.29 is 8.83 Å². The number of hydrogen-bond acceptors (Lipinski definition) is 5. The van der Waals surface area contributed by atoms with Crippen molar-refractivity contribution in [2.75, 3.05) is 0 Å². The first kappa shape index (κ1) is 33.0. The van der Waals surface area contributed by atoms with Crippen LogP contribution in [0.2, 0.25) is 0 Å². The Hall–Kier alpha value is -7.41. The molecular weight excluding hydrogens is 715 g/mol. The molecule has 0 amide bonds. The van der Waals surface area contributed by atoms with Gasteiger partial charge in [0, 0.05) is 32.7 Å². The summed E-state index contributed by atoms with van der Waals surface area (Å²) in [6.07, 6.45) is 0. The number of furan rings is 2. The Labute approximate surface area is 329 Å². The van der Waals surface area contributed by atoms with E-state index in [9.17, 15) is 0 Å². The summed E-state index contributed by atoms with van der Waals surface area (Å²) in [6, 6.07) is 70.1. The topological polar surface area (TPSA) is 65.0 Å². The summed E-state index contributed by atoms with van der Waals surface area (Å²) in [5, 5.41) is 9.34. The lowest BCUT2D eigenvalue weighted by molar-refractivity contribution is 0.669. The molecule has 3 aromatic heterocycles. The predicted molar refractivity (Wildman–Crippen MR) is 234 cm³/mol. The lowest BCUT2D eigenvalue weighted by Crippen LogP contribution is -2.74. The number of hydrogen-bond donors (Lipinski definition) is 0. The SMILES string of the molecule is c1ccc(-c2nc(-c3cccc([Si](c4ccccc4)(c4ccccc4)c4cccc5oc6ccccc6c45)c3)nc(-c3cccc4c3oc3ccccc34)n2)cc1. The maximum absolute atomic E-state index is 6.54. The molecule has 57 heavy (non-hydrogen) atoms. The molecule has 3 heterocycles. The molecule has 0 aliphatic rings. The molecule has 8 aromatic carbocycles. The van der Waals surface area contributed by atoms with Crippen LogP contribution in [0.3, 0.4) is 0 Å². The molecule has 0 bridgehead atoms. The highest BCUT2D eigenvalue weighted by Crippen LogP contribution is 2.36. The average molecular weight is 748 g/mol. The Balaban J connectivity index is 1.19. The zero-order valence-electron chi connectivity index (χ0n) is 30.7. The zero-order chi connectivity index (χ0) is 37.8. The summed E-state index contributed by atoms with van der Waals surface area (Å²) in [5.74, 6) is 1.74. The first-order chi connectivity index (χ1) is 28.3. The molecule has 0 aliphatic heterocycles. The summed E-state index contributed by atoms with van der Waals surface area (Å²) >= 11 is 0. The monoisotopic (exact) mass is 747 g/mol. The summed E-state index contributed by atoms with van der Waals surface area (Å²) < 4.78 is 13.0. The second kappa shape index (κ2) is 13.4. The number of aromatic nitrogens is 3. The first-order valence-electron chi connectivity index (χ1n) is 19.1. The number of fused-ring (bicyclic) bond motifs is 6. The van der Waals surface area contributed by atoms with Crippen molar-refractivity contribution in [3.63, 3.8) is 0 Å². The molecule has 0 atom stereocenters. The van der Waals surface area contributed by atoms with Gasteiger partial charge in [-0.1, -0.05) is 176 Å². The number of benzene rings is 8. The van der Waals surface area contributed by atoms with E-state index in [2.05, 4.69) is 133 Å². The minimum atomic E-state index is -3.07. The van der Waals surface area contributed by atoms with Crippen molar-refractivity contribution in [2.45, 2.75) is 0 Å². The summed E-state index contributed by atoms with van der Waals surface area (Å²) in [5.41, 5.74) is 5.96. The van der Waals surface area contributed by atoms with Crippen LogP contribution in [0.5, 0.6) is 0 Å². The molecule has 0 fully saturated rings. The van der Waals surface area contributed by atoms with Crippen molar-refractivity contribution >= 4 is 72.7 Å². The van der Waals surface area contributed by atoms with Crippen LogP contribution < -0.4 is 20.7 Å². The fourth-order valence-electron chi connectivity index (χ4n) is 8.59. The maximum Gasteiger partial charge on any atom is 0.180 e. The van der Waals surface area contributed by atoms with Crippen molar-refractivity contribution in [3.05, 3.63) is 200 Å². The largest absolute Gasteiger partial charge is 0.456 e. The fourth-order valence-corrected chi connectivity index (χ4v) is 13.6. The maximum atomic E-state index is 6.54. The van der Waals surface area contributed by atoms with E-state index in [4.69, 9.17) is 23.8 Å². The second-order valence-electron chi connectivity index (χ2n) is 14.3. The Morgan fingerprint density at radius 2 is 0.860 bits per heavy atom. The quantitative estimate of drug-likeness (QED) is 0.120. The molecule has 5 nitrogen and oxygen atoms in total. The van der Waals surface area contributed by atoms with Crippen molar-refractivity contribution in [1.82, 2.24) is 15.0 Å². The molecule has 0 N–H and O–H groups in total. The average Bonchev–Trinajstić information content (AvgIpc) is 3.87. The zero-order valence-corrected chi connectivity index (χ0v) is 31.7. The van der Waals surface area contributed by atoms with Gasteiger partial charge in [-0.05, 0) is 45.0 Å². The second-order valence-corrected chi connectivity index (χ2v) is 18.1. The van der Waals surface area contributed by atoms with Crippen LogP contribution in [-0.4, -0.2) is 23.0 Å².